The third kappa shape index (κ3) is 19.4. The van der Waals surface area contributed by atoms with Crippen LogP contribution in [0.2, 0.25) is 0 Å². The van der Waals surface area contributed by atoms with Crippen molar-refractivity contribution in [3.63, 3.8) is 0 Å². The van der Waals surface area contributed by atoms with Crippen LogP contribution in [0.4, 0.5) is 0 Å². The number of nitrogens with two attached hydrogens (primary N) is 10. The van der Waals surface area contributed by atoms with E-state index in [-0.39, 0.29) is 179 Å². The van der Waals surface area contributed by atoms with Crippen molar-refractivity contribution in [1.82, 2.24) is 41.6 Å². The van der Waals surface area contributed by atoms with Gasteiger partial charge in [-0.2, -0.15) is 0 Å². The average molecular weight is 1380 g/mol. The van der Waals surface area contributed by atoms with Crippen LogP contribution >= 0.6 is 0 Å². The topological polar surface area (TPSA) is 582 Å². The Bertz CT molecular complexity index is 3150. The number of ether oxygens (including phenoxy) is 1. The number of esters is 1. The second kappa shape index (κ2) is 34.3. The number of nitrogens with one attached hydrogen (secondary N) is 5. The van der Waals surface area contributed by atoms with Crippen LogP contribution in [0.3, 0.4) is 0 Å². The Balaban J connectivity index is 1.17. The summed E-state index contributed by atoms with van der Waals surface area (Å²) < 4.78 is 7.55. The lowest BCUT2D eigenvalue weighted by molar-refractivity contribution is -0.207. The van der Waals surface area contributed by atoms with Gasteiger partial charge in [-0.25, -0.2) is 9.48 Å². The fraction of sp³-hybridized carbons (Fsp3) is 0.754. The van der Waals surface area contributed by atoms with Crippen molar-refractivity contribution in [2.24, 2.45) is 139 Å². The van der Waals surface area contributed by atoms with Gasteiger partial charge in [0.05, 0.1) is 17.7 Å². The second-order valence-corrected chi connectivity index (χ2v) is 29.1. The number of allylic oxidation sites excluding steroid dienone is 2. The van der Waals surface area contributed by atoms with E-state index in [1.165, 1.54) is 16.5 Å². The number of hydrogen-bond acceptors (Lipinski definition) is 16. The number of nitrogens with zero attached hydrogens (tertiary/aromatic N) is 8. The zero-order chi connectivity index (χ0) is 72.5. The smallest absolute Gasteiger partial charge is 0.326 e. The number of aliphatic hydroxyl groups is 1. The Morgan fingerprint density at radius 1 is 0.582 bits per heavy atom. The largest absolute Gasteiger partial charge is 0.480 e. The van der Waals surface area contributed by atoms with Crippen molar-refractivity contribution in [2.75, 3.05) is 32.7 Å². The standard InChI is InChI=1S/C65H113N23O10/c1-36-20-25-65(27-26-63(6)39(49(65)37(36)2)18-19-46-62(5)23-22-47(89)61(3,4)45(62)21-24-64(46,63)7)55(97)98-35-38-33-88(87-86-38)34-48(90)81-40(13-8-28-76-56(66)67)50(91)82-41(14-9-29-77-57(68)69)51(92)83-42(15-10-30-78-58(70)71)52(93)84-43(16-11-31-79-59(72)73)53(94)85-44(54(95)96)17-12-32-80-60(74)75/h18,33,36-37,40-47,49,89H,8-17,19-32,34-35H2,1-7H3,(H,81,90)(H,82,91)(H,83,92)(H,84,93)(H,85,94)(H,95,96)(H4,66,67,76)(H4,68,69,77)(H4,70,71,78)(H4,72,73,79)(H4,74,75,80)/t36-,37+,40+,41+,42+,43+,44+,45+,46-,47+,49+,62+,63-,64-,65+/m1/s1. The van der Waals surface area contributed by atoms with Crippen LogP contribution in [0.15, 0.2) is 42.8 Å². The van der Waals surface area contributed by atoms with Crippen LogP contribution < -0.4 is 83.9 Å². The van der Waals surface area contributed by atoms with Gasteiger partial charge in [-0.05, 0) is 173 Å². The summed E-state index contributed by atoms with van der Waals surface area (Å²) in [5.41, 5.74) is 56.2. The highest BCUT2D eigenvalue weighted by molar-refractivity contribution is 5.96. The van der Waals surface area contributed by atoms with Crippen LogP contribution in [0.5, 0.6) is 0 Å². The molecule has 4 saturated carbocycles. The van der Waals surface area contributed by atoms with Crippen LogP contribution in [-0.2, 0) is 51.5 Å². The minimum Gasteiger partial charge on any atom is -0.480 e. The number of aliphatic hydroxyl groups excluding tert-OH is 1. The zero-order valence-corrected chi connectivity index (χ0v) is 58.4. The number of rotatable bonds is 35. The maximum atomic E-state index is 15.0. The number of amides is 5. The van der Waals surface area contributed by atoms with Crippen molar-refractivity contribution in [1.29, 1.82) is 0 Å². The highest BCUT2D eigenvalue weighted by Crippen LogP contribution is 2.76. The highest BCUT2D eigenvalue weighted by atomic mass is 16.5. The first-order valence-electron chi connectivity index (χ1n) is 34.6. The summed E-state index contributed by atoms with van der Waals surface area (Å²) in [4.78, 5) is 119. The Labute approximate surface area is 574 Å². The monoisotopic (exact) mass is 1380 g/mol. The molecule has 33 heteroatoms. The first-order chi connectivity index (χ1) is 46.1. The number of carbonyl (C=O) groups excluding carboxylic acids is 6. The van der Waals surface area contributed by atoms with Crippen molar-refractivity contribution in [3.8, 4) is 0 Å². The van der Waals surface area contributed by atoms with Crippen LogP contribution in [0, 0.1) is 56.7 Å². The summed E-state index contributed by atoms with van der Waals surface area (Å²) in [7, 11) is 0. The van der Waals surface area contributed by atoms with Gasteiger partial charge in [-0.3, -0.25) is 53.7 Å². The molecule has 5 aliphatic rings. The fourth-order valence-corrected chi connectivity index (χ4v) is 16.9. The Kier molecular flexibility index (Phi) is 27.5. The van der Waals surface area contributed by atoms with Gasteiger partial charge < -0.3 is 98.9 Å². The maximum Gasteiger partial charge on any atom is 0.326 e. The van der Waals surface area contributed by atoms with E-state index in [2.05, 4.69) is 116 Å². The summed E-state index contributed by atoms with van der Waals surface area (Å²) >= 11 is 0. The molecule has 27 N–H and O–H groups in total. The van der Waals surface area contributed by atoms with Crippen molar-refractivity contribution < 1.29 is 48.5 Å². The Hall–Kier alpha value is -8.52. The predicted molar refractivity (Wildman–Crippen MR) is 372 cm³/mol. The number of aromatic nitrogens is 3. The normalized spacial score (nSPS) is 27.3. The van der Waals surface area contributed by atoms with Gasteiger partial charge in [0.25, 0.3) is 0 Å². The fourth-order valence-electron chi connectivity index (χ4n) is 16.9. The van der Waals surface area contributed by atoms with E-state index in [1.807, 2.05) is 0 Å². The lowest BCUT2D eigenvalue weighted by Crippen LogP contribution is -2.65. The average Bonchev–Trinajstić information content (AvgIpc) is 0.729. The number of hydrogen-bond donors (Lipinski definition) is 17. The molecule has 548 valence electrons. The number of carboxylic acids is 1. The van der Waals surface area contributed by atoms with Crippen molar-refractivity contribution >= 4 is 71.3 Å². The maximum absolute atomic E-state index is 15.0. The van der Waals surface area contributed by atoms with Gasteiger partial charge >= 0.3 is 11.9 Å². The Morgan fingerprint density at radius 3 is 1.47 bits per heavy atom. The number of fused-ring (bicyclic) bond motifs is 7. The van der Waals surface area contributed by atoms with Gasteiger partial charge in [0.2, 0.25) is 29.5 Å². The van der Waals surface area contributed by atoms with Crippen LogP contribution in [0.25, 0.3) is 0 Å². The van der Waals surface area contributed by atoms with Crippen molar-refractivity contribution in [3.05, 3.63) is 23.5 Å². The summed E-state index contributed by atoms with van der Waals surface area (Å²) in [5, 5.41) is 43.0. The minimum absolute atomic E-state index is 0.00554. The third-order valence-electron chi connectivity index (χ3n) is 22.5. The molecular weight excluding hydrogens is 1260 g/mol. The lowest BCUT2D eigenvalue weighted by atomic mass is 9.33. The third-order valence-corrected chi connectivity index (χ3v) is 22.5. The van der Waals surface area contributed by atoms with Crippen LogP contribution in [0.1, 0.15) is 176 Å². The van der Waals surface area contributed by atoms with Gasteiger partial charge in [0.1, 0.15) is 49.1 Å². The van der Waals surface area contributed by atoms with Crippen molar-refractivity contribution in [2.45, 2.75) is 220 Å². The number of aliphatic carboxylic acids is 1. The van der Waals surface area contributed by atoms with E-state index < -0.39 is 77.7 Å². The molecule has 1 heterocycles. The molecular formula is C65H113N23O10. The second-order valence-electron chi connectivity index (χ2n) is 29.1. The van der Waals surface area contributed by atoms with E-state index in [9.17, 15) is 43.8 Å². The molecule has 5 amide bonds. The molecule has 15 atom stereocenters. The molecule has 5 aliphatic carbocycles. The molecule has 0 aliphatic heterocycles. The molecule has 4 fully saturated rings. The van der Waals surface area contributed by atoms with E-state index in [1.54, 1.807) is 0 Å². The van der Waals surface area contributed by atoms with Gasteiger partial charge in [-0.1, -0.05) is 65.3 Å². The molecule has 6 rings (SSSR count). The first kappa shape index (κ1) is 78.5. The molecule has 0 bridgehead atoms. The highest BCUT2D eigenvalue weighted by Gasteiger charge is 2.70. The molecule has 0 saturated heterocycles. The lowest BCUT2D eigenvalue weighted by Gasteiger charge is -2.71. The SMILES string of the molecule is C[C@H]1[C@H](C)CC[C@]2(C(=O)OCc3cn(CC(=O)N[C@@H](CCCN=C(N)N)C(=O)N[C@@H](CCCN=C(N)N)C(=O)N[C@@H](CCCN=C(N)N)C(=O)N[C@@H](CCCN=C(N)N)C(=O)N[C@@H](CCCN=C(N)N)C(=O)O)nn3)CC[C@]3(C)C(=CC[C@@H]4[C@@]5(C)CC[C@H](O)C(C)(C)[C@@H]5CC[C@]43C)[C@H]12. The van der Waals surface area contributed by atoms with E-state index in [4.69, 9.17) is 62.1 Å². The summed E-state index contributed by atoms with van der Waals surface area (Å²) in [5.74, 6) is -5.36. The van der Waals surface area contributed by atoms with Gasteiger partial charge in [0, 0.05) is 32.7 Å². The molecule has 98 heavy (non-hydrogen) atoms. The molecule has 0 radical (unpaired) electrons. The molecule has 0 unspecified atom stereocenters. The minimum atomic E-state index is -1.43. The van der Waals surface area contributed by atoms with E-state index in [0.717, 1.165) is 44.9 Å². The van der Waals surface area contributed by atoms with E-state index in [0.29, 0.717) is 36.3 Å². The summed E-state index contributed by atoms with van der Waals surface area (Å²) in [6.45, 7) is 16.2. The van der Waals surface area contributed by atoms with E-state index >= 15 is 0 Å². The molecule has 1 aromatic rings. The van der Waals surface area contributed by atoms with Gasteiger partial charge in [-0.15, -0.1) is 5.10 Å². The van der Waals surface area contributed by atoms with Crippen LogP contribution in [-0.4, -0.2) is 166 Å². The number of aliphatic imine (C=N–C) groups is 5. The molecule has 0 aromatic carbocycles. The Morgan fingerprint density at radius 2 is 1.02 bits per heavy atom. The van der Waals surface area contributed by atoms with Gasteiger partial charge in [0.15, 0.2) is 29.8 Å². The molecule has 0 spiro atoms. The number of carbonyl (C=O) groups is 7. The number of guanidine groups is 5. The number of carboxylic acid groups (broad SMARTS) is 1. The molecule has 1 aromatic heterocycles. The summed E-state index contributed by atoms with van der Waals surface area (Å²) in [6, 6.07) is -6.95. The zero-order valence-electron chi connectivity index (χ0n) is 58.4. The quantitative estimate of drug-likeness (QED) is 0.0129. The first-order valence-corrected chi connectivity index (χ1v) is 34.6. The molecule has 33 nitrogen and oxygen atoms in total. The summed E-state index contributed by atoms with van der Waals surface area (Å²) in [6.07, 6.45) is 12.1. The predicted octanol–water partition coefficient (Wildman–Crippen LogP) is -0.884.